The Morgan fingerprint density at radius 2 is 1.52 bits per heavy atom. The van der Waals surface area contributed by atoms with Crippen molar-refractivity contribution in [1.29, 1.82) is 0 Å². The smallest absolute Gasteiger partial charge is 0.107 e. The summed E-state index contributed by atoms with van der Waals surface area (Å²) in [4.78, 5) is 0. The molecule has 2 rings (SSSR count). The predicted octanol–water partition coefficient (Wildman–Crippen LogP) is 4.50. The minimum absolute atomic E-state index is 0.0149. The van der Waals surface area contributed by atoms with Crippen molar-refractivity contribution in [3.63, 3.8) is 0 Å². The summed E-state index contributed by atoms with van der Waals surface area (Å²) in [7, 11) is 0. The van der Waals surface area contributed by atoms with Crippen molar-refractivity contribution in [2.45, 2.75) is 45.1 Å². The number of alkyl halides is 1. The number of hydrogen-bond acceptors (Lipinski definition) is 2. The van der Waals surface area contributed by atoms with Crippen molar-refractivity contribution in [3.8, 4) is 0 Å². The molecule has 0 fully saturated rings. The molecule has 124 valence electrons. The van der Waals surface area contributed by atoms with Crippen LogP contribution >= 0.6 is 0 Å². The van der Waals surface area contributed by atoms with Crippen LogP contribution in [-0.4, -0.2) is 18.3 Å². The normalized spacial score (nSPS) is 13.0. The van der Waals surface area contributed by atoms with Gasteiger partial charge in [0.25, 0.3) is 0 Å². The van der Waals surface area contributed by atoms with E-state index in [0.29, 0.717) is 19.6 Å². The highest BCUT2D eigenvalue weighted by molar-refractivity contribution is 5.14. The summed E-state index contributed by atoms with van der Waals surface area (Å²) >= 11 is 0. The third kappa shape index (κ3) is 7.40. The van der Waals surface area contributed by atoms with Crippen molar-refractivity contribution < 1.29 is 9.13 Å². The van der Waals surface area contributed by atoms with Gasteiger partial charge in [-0.1, -0.05) is 60.7 Å². The van der Waals surface area contributed by atoms with Gasteiger partial charge in [-0.15, -0.1) is 0 Å². The number of hydrogen-bond donors (Lipinski definition) is 1. The lowest BCUT2D eigenvalue weighted by atomic mass is 10.0. The van der Waals surface area contributed by atoms with Crippen LogP contribution in [0.25, 0.3) is 0 Å². The van der Waals surface area contributed by atoms with Crippen LogP contribution in [0.2, 0.25) is 0 Å². The molecule has 1 unspecified atom stereocenters. The van der Waals surface area contributed by atoms with Crippen molar-refractivity contribution in [2.75, 3.05) is 6.61 Å². The largest absolute Gasteiger partial charge is 0.375 e. The third-order valence-electron chi connectivity index (χ3n) is 3.60. The quantitative estimate of drug-likeness (QED) is 0.735. The highest BCUT2D eigenvalue weighted by atomic mass is 19.1. The molecule has 0 aliphatic heterocycles. The van der Waals surface area contributed by atoms with Crippen molar-refractivity contribution >= 4 is 0 Å². The molecule has 0 spiro atoms. The molecule has 0 saturated heterocycles. The Hall–Kier alpha value is -1.71. The van der Waals surface area contributed by atoms with Crippen LogP contribution in [0.4, 0.5) is 4.39 Å². The van der Waals surface area contributed by atoms with Gasteiger partial charge in [0.2, 0.25) is 0 Å². The fraction of sp³-hybridized carbons (Fsp3) is 0.400. The molecule has 23 heavy (non-hydrogen) atoms. The maximum absolute atomic E-state index is 14.0. The molecule has 3 heteroatoms. The van der Waals surface area contributed by atoms with Crippen LogP contribution in [0, 0.1) is 0 Å². The van der Waals surface area contributed by atoms with Gasteiger partial charge in [-0.2, -0.15) is 0 Å². The molecule has 2 aromatic carbocycles. The molecular weight excluding hydrogens is 289 g/mol. The van der Waals surface area contributed by atoms with Crippen molar-refractivity contribution in [3.05, 3.63) is 71.8 Å². The van der Waals surface area contributed by atoms with Crippen molar-refractivity contribution in [1.82, 2.24) is 5.32 Å². The molecule has 1 atom stereocenters. The highest BCUT2D eigenvalue weighted by Crippen LogP contribution is 2.17. The summed E-state index contributed by atoms with van der Waals surface area (Å²) in [5.74, 6) is 0. The summed E-state index contributed by atoms with van der Waals surface area (Å²) in [5.41, 5.74) is 1.11. The monoisotopic (exact) mass is 315 g/mol. The average Bonchev–Trinajstić information content (AvgIpc) is 2.53. The zero-order chi connectivity index (χ0) is 16.5. The second-order valence-electron chi connectivity index (χ2n) is 6.49. The van der Waals surface area contributed by atoms with E-state index in [1.54, 1.807) is 13.8 Å². The van der Waals surface area contributed by atoms with Crippen LogP contribution < -0.4 is 5.32 Å². The fourth-order valence-electron chi connectivity index (χ4n) is 2.53. The zero-order valence-corrected chi connectivity index (χ0v) is 14.0. The average molecular weight is 315 g/mol. The molecule has 0 bridgehead atoms. The van der Waals surface area contributed by atoms with Gasteiger partial charge >= 0.3 is 0 Å². The van der Waals surface area contributed by atoms with Crippen LogP contribution in [-0.2, 0) is 17.9 Å². The molecule has 0 amide bonds. The number of nitrogens with one attached hydrogen (secondary N) is 1. The number of rotatable bonds is 9. The molecule has 0 saturated carbocycles. The van der Waals surface area contributed by atoms with Crippen LogP contribution in [0.5, 0.6) is 0 Å². The van der Waals surface area contributed by atoms with E-state index in [-0.39, 0.29) is 6.04 Å². The lowest BCUT2D eigenvalue weighted by molar-refractivity contribution is 0.0744. The number of ether oxygens (including phenoxy) is 1. The van der Waals surface area contributed by atoms with Crippen molar-refractivity contribution in [2.24, 2.45) is 0 Å². The lowest BCUT2D eigenvalue weighted by Crippen LogP contribution is -2.38. The Balaban J connectivity index is 1.83. The van der Waals surface area contributed by atoms with Gasteiger partial charge in [0.15, 0.2) is 0 Å². The first-order valence-electron chi connectivity index (χ1n) is 8.11. The van der Waals surface area contributed by atoms with Gasteiger partial charge in [0.1, 0.15) is 5.67 Å². The highest BCUT2D eigenvalue weighted by Gasteiger charge is 2.22. The number of halogens is 1. The van der Waals surface area contributed by atoms with Gasteiger partial charge in [0, 0.05) is 12.6 Å². The first-order valence-corrected chi connectivity index (χ1v) is 8.11. The second kappa shape index (κ2) is 8.80. The Labute approximate surface area is 138 Å². The first kappa shape index (κ1) is 17.6. The topological polar surface area (TPSA) is 21.3 Å². The van der Waals surface area contributed by atoms with E-state index >= 15 is 0 Å². The summed E-state index contributed by atoms with van der Waals surface area (Å²) in [5, 5.41) is 3.41. The molecule has 0 aliphatic carbocycles. The van der Waals surface area contributed by atoms with Gasteiger partial charge in [-0.05, 0) is 31.4 Å². The maximum Gasteiger partial charge on any atom is 0.107 e. The van der Waals surface area contributed by atoms with Gasteiger partial charge in [-0.25, -0.2) is 4.39 Å². The second-order valence-corrected chi connectivity index (χ2v) is 6.49. The van der Waals surface area contributed by atoms with Gasteiger partial charge < -0.3 is 10.1 Å². The van der Waals surface area contributed by atoms with E-state index in [1.807, 2.05) is 48.5 Å². The molecule has 0 heterocycles. The van der Waals surface area contributed by atoms with Crippen LogP contribution in [0.15, 0.2) is 60.7 Å². The van der Waals surface area contributed by atoms with Gasteiger partial charge in [0.05, 0.1) is 13.2 Å². The molecule has 1 N–H and O–H groups in total. The van der Waals surface area contributed by atoms with Crippen LogP contribution in [0.1, 0.15) is 31.4 Å². The minimum atomic E-state index is -1.22. The van der Waals surface area contributed by atoms with E-state index in [4.69, 9.17) is 4.74 Å². The molecule has 0 aromatic heterocycles. The lowest BCUT2D eigenvalue weighted by Gasteiger charge is -2.24. The summed E-state index contributed by atoms with van der Waals surface area (Å²) < 4.78 is 19.8. The standard InChI is InChI=1S/C20H26FNO/c1-20(2,21)13-19(22-14-17-9-5-3-6-10-17)16-23-15-18-11-7-4-8-12-18/h3-12,19,22H,13-16H2,1-2H3. The Bertz CT molecular complexity index is 551. The molecular formula is C20H26FNO. The van der Waals surface area contributed by atoms with E-state index in [2.05, 4.69) is 17.4 Å². The minimum Gasteiger partial charge on any atom is -0.375 e. The molecule has 2 aromatic rings. The molecule has 2 nitrogen and oxygen atoms in total. The van der Waals surface area contributed by atoms with E-state index in [9.17, 15) is 4.39 Å². The number of benzene rings is 2. The predicted molar refractivity (Wildman–Crippen MR) is 93.0 cm³/mol. The summed E-state index contributed by atoms with van der Waals surface area (Å²) in [6.07, 6.45) is 0.425. The van der Waals surface area contributed by atoms with E-state index in [1.165, 1.54) is 5.56 Å². The Morgan fingerprint density at radius 1 is 0.957 bits per heavy atom. The van der Waals surface area contributed by atoms with Crippen LogP contribution in [0.3, 0.4) is 0 Å². The summed E-state index contributed by atoms with van der Waals surface area (Å²) in [6, 6.07) is 20.2. The first-order chi connectivity index (χ1) is 11.0. The van der Waals surface area contributed by atoms with E-state index < -0.39 is 5.67 Å². The Morgan fingerprint density at radius 3 is 2.09 bits per heavy atom. The van der Waals surface area contributed by atoms with E-state index in [0.717, 1.165) is 12.1 Å². The Kier molecular flexibility index (Phi) is 6.75. The fourth-order valence-corrected chi connectivity index (χ4v) is 2.53. The SMILES string of the molecule is CC(C)(F)CC(COCc1ccccc1)NCc1ccccc1. The molecule has 0 radical (unpaired) electrons. The third-order valence-corrected chi connectivity index (χ3v) is 3.60. The maximum atomic E-state index is 14.0. The molecule has 0 aliphatic rings. The summed E-state index contributed by atoms with van der Waals surface area (Å²) in [6.45, 7) is 4.99. The zero-order valence-electron chi connectivity index (χ0n) is 14.0. The van der Waals surface area contributed by atoms with Gasteiger partial charge in [-0.3, -0.25) is 0 Å².